The second-order valence-corrected chi connectivity index (χ2v) is 7.84. The van der Waals surface area contributed by atoms with Crippen LogP contribution in [0.5, 0.6) is 0 Å². The fraction of sp³-hybridized carbons (Fsp3) is 0.182. The molecular weight excluding hydrogens is 384 g/mol. The molecule has 0 radical (unpaired) electrons. The van der Waals surface area contributed by atoms with Gasteiger partial charge in [-0.2, -0.15) is 0 Å². The molecule has 0 bridgehead atoms. The Bertz CT molecular complexity index is 1360. The monoisotopic (exact) mass is 402 g/mol. The number of nitrogens with zero attached hydrogens (tertiary/aromatic N) is 3. The maximum absolute atomic E-state index is 12.7. The molecule has 0 saturated carbocycles. The van der Waals surface area contributed by atoms with Crippen LogP contribution in [0.4, 0.5) is 0 Å². The molecule has 2 aromatic heterocycles. The number of benzene rings is 2. The molecule has 4 aromatic rings. The van der Waals surface area contributed by atoms with Crippen molar-refractivity contribution in [2.45, 2.75) is 26.7 Å². The molecule has 2 aromatic carbocycles. The van der Waals surface area contributed by atoms with E-state index < -0.39 is 5.91 Å². The third-order valence-corrected chi connectivity index (χ3v) is 5.96. The van der Waals surface area contributed by atoms with Gasteiger partial charge in [0, 0.05) is 26.8 Å². The summed E-state index contributed by atoms with van der Waals surface area (Å²) in [6, 6.07) is 11.6. The normalized spacial score (nSPS) is 11.0. The average Bonchev–Trinajstić information content (AvgIpc) is 3.20. The highest BCUT2D eigenvalue weighted by Crippen LogP contribution is 2.38. The lowest BCUT2D eigenvalue weighted by Crippen LogP contribution is -2.08. The maximum atomic E-state index is 12.7. The molecule has 7 heteroatoms. The van der Waals surface area contributed by atoms with Gasteiger partial charge in [0.15, 0.2) is 0 Å². The summed E-state index contributed by atoms with van der Waals surface area (Å²) >= 11 is 1.36. The minimum Gasteiger partial charge on any atom is -0.320 e. The van der Waals surface area contributed by atoms with E-state index in [2.05, 4.69) is 21.9 Å². The van der Waals surface area contributed by atoms with Crippen LogP contribution in [-0.4, -0.2) is 10.9 Å². The van der Waals surface area contributed by atoms with Gasteiger partial charge >= 0.3 is 0 Å². The number of rotatable bonds is 4. The molecule has 0 aliphatic heterocycles. The number of nitrogens with one attached hydrogen (secondary N) is 1. The standard InChI is InChI=1S/C22H18N4O2S/c1-3-4-13-5-7-14(8-6-13)17-16(21(27)25-26-23)11-12(2)19-18(17)15-9-10-29-20(15)22(28)24-19/h5-11H,3-4H2,1-2H3,(H,24,28). The first-order valence-corrected chi connectivity index (χ1v) is 10.2. The summed E-state index contributed by atoms with van der Waals surface area (Å²) in [5, 5.41) is 6.78. The highest BCUT2D eigenvalue weighted by Gasteiger charge is 2.20. The first-order chi connectivity index (χ1) is 14.0. The summed E-state index contributed by atoms with van der Waals surface area (Å²) in [4.78, 5) is 30.8. The van der Waals surface area contributed by atoms with E-state index in [-0.39, 0.29) is 5.56 Å². The van der Waals surface area contributed by atoms with Crippen LogP contribution in [0.1, 0.15) is 34.8 Å². The van der Waals surface area contributed by atoms with Crippen molar-refractivity contribution in [3.63, 3.8) is 0 Å². The Labute approximate surface area is 170 Å². The zero-order chi connectivity index (χ0) is 20.5. The third kappa shape index (κ3) is 3.20. The maximum Gasteiger partial charge on any atom is 0.266 e. The van der Waals surface area contributed by atoms with Crippen LogP contribution in [0.2, 0.25) is 0 Å². The summed E-state index contributed by atoms with van der Waals surface area (Å²) in [5.41, 5.74) is 13.1. The number of hydrogen-bond acceptors (Lipinski definition) is 3. The Morgan fingerprint density at radius 1 is 1.24 bits per heavy atom. The van der Waals surface area contributed by atoms with Crippen LogP contribution in [0, 0.1) is 6.92 Å². The number of H-pyrrole nitrogens is 1. The zero-order valence-corrected chi connectivity index (χ0v) is 16.8. The summed E-state index contributed by atoms with van der Waals surface area (Å²) < 4.78 is 0.606. The van der Waals surface area contributed by atoms with Gasteiger partial charge < -0.3 is 4.98 Å². The predicted octanol–water partition coefficient (Wildman–Crippen LogP) is 6.12. The number of azide groups is 1. The van der Waals surface area contributed by atoms with E-state index in [0.29, 0.717) is 21.3 Å². The van der Waals surface area contributed by atoms with Crippen molar-refractivity contribution in [1.82, 2.24) is 4.98 Å². The van der Waals surface area contributed by atoms with Crippen LogP contribution >= 0.6 is 11.3 Å². The molecule has 0 fully saturated rings. The molecule has 0 atom stereocenters. The predicted molar refractivity (Wildman–Crippen MR) is 118 cm³/mol. The van der Waals surface area contributed by atoms with E-state index in [0.717, 1.165) is 34.7 Å². The lowest BCUT2D eigenvalue weighted by molar-refractivity contribution is 0.100. The quantitative estimate of drug-likeness (QED) is 0.253. The first-order valence-electron chi connectivity index (χ1n) is 9.30. The van der Waals surface area contributed by atoms with Crippen LogP contribution < -0.4 is 5.56 Å². The molecule has 2 heterocycles. The summed E-state index contributed by atoms with van der Waals surface area (Å²) in [6.45, 7) is 3.96. The number of amides is 1. The van der Waals surface area contributed by atoms with Gasteiger partial charge in [0.05, 0.1) is 5.52 Å². The SMILES string of the molecule is CCCc1ccc(-c2c(C(=O)N=[N+]=[N-])cc(C)c3[nH]c(=O)c4sccc4c23)cc1. The molecule has 0 spiro atoms. The molecular formula is C22H18N4O2S. The molecule has 4 rings (SSSR count). The van der Waals surface area contributed by atoms with E-state index in [1.165, 1.54) is 16.9 Å². The van der Waals surface area contributed by atoms with Gasteiger partial charge in [0.1, 0.15) is 4.70 Å². The van der Waals surface area contributed by atoms with Gasteiger partial charge in [-0.1, -0.05) is 37.6 Å². The molecule has 0 saturated heterocycles. The van der Waals surface area contributed by atoms with E-state index in [4.69, 9.17) is 5.53 Å². The van der Waals surface area contributed by atoms with Gasteiger partial charge in [0.25, 0.3) is 5.56 Å². The smallest absolute Gasteiger partial charge is 0.266 e. The molecule has 0 unspecified atom stereocenters. The topological polar surface area (TPSA) is 98.7 Å². The summed E-state index contributed by atoms with van der Waals surface area (Å²) in [6.07, 6.45) is 2.02. The minimum atomic E-state index is -0.639. The summed E-state index contributed by atoms with van der Waals surface area (Å²) in [7, 11) is 0. The van der Waals surface area contributed by atoms with Crippen molar-refractivity contribution in [1.29, 1.82) is 0 Å². The van der Waals surface area contributed by atoms with Crippen molar-refractivity contribution in [2.75, 3.05) is 0 Å². The Morgan fingerprint density at radius 2 is 2.00 bits per heavy atom. The van der Waals surface area contributed by atoms with Crippen molar-refractivity contribution < 1.29 is 4.79 Å². The van der Waals surface area contributed by atoms with Gasteiger partial charge in [-0.05, 0) is 58.2 Å². The van der Waals surface area contributed by atoms with Crippen LogP contribution in [-0.2, 0) is 6.42 Å². The van der Waals surface area contributed by atoms with E-state index >= 15 is 0 Å². The highest BCUT2D eigenvalue weighted by atomic mass is 32.1. The molecule has 6 nitrogen and oxygen atoms in total. The molecule has 0 aliphatic rings. The Hall–Kier alpha value is -3.41. The van der Waals surface area contributed by atoms with E-state index in [9.17, 15) is 9.59 Å². The largest absolute Gasteiger partial charge is 0.320 e. The summed E-state index contributed by atoms with van der Waals surface area (Å²) in [5.74, 6) is -0.639. The fourth-order valence-corrected chi connectivity index (χ4v) is 4.59. The molecule has 29 heavy (non-hydrogen) atoms. The number of carbonyl (C=O) groups excluding carboxylic acids is 1. The number of aromatic nitrogens is 1. The Balaban J connectivity index is 2.16. The van der Waals surface area contributed by atoms with E-state index in [1.807, 2.05) is 42.6 Å². The number of aromatic amines is 1. The lowest BCUT2D eigenvalue weighted by atomic mass is 9.90. The van der Waals surface area contributed by atoms with Gasteiger partial charge in [0.2, 0.25) is 5.91 Å². The van der Waals surface area contributed by atoms with Gasteiger partial charge in [-0.3, -0.25) is 9.59 Å². The van der Waals surface area contributed by atoms with Gasteiger partial charge in [-0.25, -0.2) is 0 Å². The molecule has 1 N–H and O–H groups in total. The van der Waals surface area contributed by atoms with Crippen LogP contribution in [0.15, 0.2) is 51.7 Å². The van der Waals surface area contributed by atoms with Crippen LogP contribution in [0.25, 0.3) is 42.6 Å². The number of aryl methyl sites for hydroxylation is 2. The third-order valence-electron chi connectivity index (χ3n) is 5.05. The Kier molecular flexibility index (Phi) is 4.92. The molecule has 1 amide bonds. The lowest BCUT2D eigenvalue weighted by Gasteiger charge is -2.15. The number of fused-ring (bicyclic) bond motifs is 3. The number of carbonyl (C=O) groups is 1. The number of hydrogen-bond donors (Lipinski definition) is 1. The molecule has 144 valence electrons. The van der Waals surface area contributed by atoms with Crippen molar-refractivity contribution in [2.24, 2.45) is 5.11 Å². The minimum absolute atomic E-state index is 0.149. The second kappa shape index (κ2) is 7.54. The van der Waals surface area contributed by atoms with Crippen molar-refractivity contribution in [3.05, 3.63) is 79.3 Å². The average molecular weight is 402 g/mol. The second-order valence-electron chi connectivity index (χ2n) is 6.93. The molecule has 0 aliphatic carbocycles. The van der Waals surface area contributed by atoms with Crippen molar-refractivity contribution in [3.8, 4) is 11.1 Å². The fourth-order valence-electron chi connectivity index (χ4n) is 3.79. The zero-order valence-electron chi connectivity index (χ0n) is 16.0. The Morgan fingerprint density at radius 3 is 2.69 bits per heavy atom. The number of thiophene rings is 1. The first kappa shape index (κ1) is 18.9. The van der Waals surface area contributed by atoms with Crippen LogP contribution in [0.3, 0.4) is 0 Å². The van der Waals surface area contributed by atoms with Gasteiger partial charge in [-0.15, -0.1) is 11.3 Å². The number of pyridine rings is 1. The van der Waals surface area contributed by atoms with E-state index in [1.54, 1.807) is 6.07 Å². The van der Waals surface area contributed by atoms with Crippen molar-refractivity contribution >= 4 is 38.2 Å². The highest BCUT2D eigenvalue weighted by molar-refractivity contribution is 7.17.